The molecule has 4 heteroatoms. The van der Waals surface area contributed by atoms with Crippen molar-refractivity contribution in [2.24, 2.45) is 5.41 Å². The molecule has 3 rings (SSSR count). The Balaban J connectivity index is 1.62. The van der Waals surface area contributed by atoms with E-state index in [9.17, 15) is 0 Å². The van der Waals surface area contributed by atoms with E-state index in [-0.39, 0.29) is 0 Å². The first-order valence-corrected chi connectivity index (χ1v) is 8.48. The molecule has 1 aromatic rings. The molecule has 18 heavy (non-hydrogen) atoms. The zero-order valence-corrected chi connectivity index (χ0v) is 12.4. The number of hydrogen-bond donors (Lipinski definition) is 0. The number of thiazole rings is 1. The van der Waals surface area contributed by atoms with Gasteiger partial charge in [-0.25, -0.2) is 4.98 Å². The lowest BCUT2D eigenvalue weighted by atomic mass is 9.68. The number of piperidine rings is 1. The van der Waals surface area contributed by atoms with Gasteiger partial charge in [0.1, 0.15) is 0 Å². The van der Waals surface area contributed by atoms with Gasteiger partial charge in [-0.05, 0) is 31.1 Å². The van der Waals surface area contributed by atoms with Crippen molar-refractivity contribution in [1.82, 2.24) is 4.98 Å². The average molecular weight is 285 g/mol. The molecule has 0 unspecified atom stereocenters. The summed E-state index contributed by atoms with van der Waals surface area (Å²) in [7, 11) is 0. The molecule has 0 amide bonds. The highest BCUT2D eigenvalue weighted by Crippen LogP contribution is 2.45. The Morgan fingerprint density at radius 2 is 1.89 bits per heavy atom. The van der Waals surface area contributed by atoms with E-state index in [2.05, 4.69) is 15.3 Å². The van der Waals surface area contributed by atoms with Crippen molar-refractivity contribution in [2.75, 3.05) is 18.0 Å². The third-order valence-corrected chi connectivity index (χ3v) is 5.91. The topological polar surface area (TPSA) is 16.1 Å². The van der Waals surface area contributed by atoms with Crippen LogP contribution in [0.15, 0.2) is 5.38 Å². The van der Waals surface area contributed by atoms with E-state index in [1.807, 2.05) is 0 Å². The minimum atomic E-state index is 0.536. The standard InChI is InChI=1S/C14H21ClN2S/c15-10-12-11-18-13(16-12)17-8-6-14(7-9-17)4-2-1-3-5-14/h11H,1-10H2. The third-order valence-electron chi connectivity index (χ3n) is 4.69. The van der Waals surface area contributed by atoms with Gasteiger partial charge in [0, 0.05) is 18.5 Å². The Bertz CT molecular complexity index is 388. The molecule has 1 aliphatic heterocycles. The predicted molar refractivity (Wildman–Crippen MR) is 78.6 cm³/mol. The number of rotatable bonds is 2. The van der Waals surface area contributed by atoms with Gasteiger partial charge in [0.05, 0.1) is 11.6 Å². The largest absolute Gasteiger partial charge is 0.348 e. The molecule has 2 heterocycles. The average Bonchev–Trinajstić information content (AvgIpc) is 2.89. The summed E-state index contributed by atoms with van der Waals surface area (Å²) in [5.41, 5.74) is 1.70. The molecule has 2 fully saturated rings. The lowest BCUT2D eigenvalue weighted by Gasteiger charge is -2.44. The van der Waals surface area contributed by atoms with E-state index in [0.29, 0.717) is 11.3 Å². The summed E-state index contributed by atoms with van der Waals surface area (Å²) in [6, 6.07) is 0. The van der Waals surface area contributed by atoms with Crippen LogP contribution in [0.1, 0.15) is 50.6 Å². The van der Waals surface area contributed by atoms with Crippen molar-refractivity contribution in [3.05, 3.63) is 11.1 Å². The van der Waals surface area contributed by atoms with E-state index < -0.39 is 0 Å². The normalized spacial score (nSPS) is 23.5. The minimum absolute atomic E-state index is 0.536. The van der Waals surface area contributed by atoms with Crippen LogP contribution in [0.25, 0.3) is 0 Å². The molecule has 2 nitrogen and oxygen atoms in total. The quantitative estimate of drug-likeness (QED) is 0.747. The fourth-order valence-corrected chi connectivity index (χ4v) is 4.58. The highest BCUT2D eigenvalue weighted by molar-refractivity contribution is 7.13. The van der Waals surface area contributed by atoms with Crippen LogP contribution in [0, 0.1) is 5.41 Å². The maximum Gasteiger partial charge on any atom is 0.185 e. The van der Waals surface area contributed by atoms with Crippen molar-refractivity contribution in [3.63, 3.8) is 0 Å². The smallest absolute Gasteiger partial charge is 0.185 e. The molecule has 2 aliphatic rings. The molecular formula is C14H21ClN2S. The van der Waals surface area contributed by atoms with Crippen LogP contribution in [-0.4, -0.2) is 18.1 Å². The molecule has 0 atom stereocenters. The van der Waals surface area contributed by atoms with E-state index in [0.717, 1.165) is 5.69 Å². The lowest BCUT2D eigenvalue weighted by molar-refractivity contribution is 0.144. The van der Waals surface area contributed by atoms with Gasteiger partial charge >= 0.3 is 0 Å². The van der Waals surface area contributed by atoms with E-state index in [1.54, 1.807) is 11.3 Å². The second-order valence-corrected chi connectivity index (χ2v) is 6.91. The Kier molecular flexibility index (Phi) is 3.81. The van der Waals surface area contributed by atoms with Crippen LogP contribution in [0.4, 0.5) is 5.13 Å². The SMILES string of the molecule is ClCc1csc(N2CCC3(CCCCC3)CC2)n1. The highest BCUT2D eigenvalue weighted by Gasteiger charge is 2.35. The summed E-state index contributed by atoms with van der Waals surface area (Å²) in [5.74, 6) is 0.536. The van der Waals surface area contributed by atoms with Gasteiger partial charge in [0.15, 0.2) is 5.13 Å². The summed E-state index contributed by atoms with van der Waals surface area (Å²) in [4.78, 5) is 7.06. The van der Waals surface area contributed by atoms with Gasteiger partial charge in [-0.1, -0.05) is 19.3 Å². The molecule has 1 aromatic heterocycles. The van der Waals surface area contributed by atoms with Gasteiger partial charge in [0.2, 0.25) is 0 Å². The number of hydrogen-bond acceptors (Lipinski definition) is 3. The van der Waals surface area contributed by atoms with Gasteiger partial charge in [-0.15, -0.1) is 22.9 Å². The summed E-state index contributed by atoms with van der Waals surface area (Å²) in [5, 5.41) is 3.27. The Morgan fingerprint density at radius 3 is 2.50 bits per heavy atom. The molecule has 1 aliphatic carbocycles. The van der Waals surface area contributed by atoms with E-state index in [4.69, 9.17) is 11.6 Å². The second-order valence-electron chi connectivity index (χ2n) is 5.80. The molecule has 0 radical (unpaired) electrons. The summed E-state index contributed by atoms with van der Waals surface area (Å²) in [6.45, 7) is 2.38. The molecule has 1 saturated carbocycles. The number of halogens is 1. The fourth-order valence-electron chi connectivity index (χ4n) is 3.48. The van der Waals surface area contributed by atoms with Crippen LogP contribution in [0.5, 0.6) is 0 Å². The Hall–Kier alpha value is -0.280. The van der Waals surface area contributed by atoms with Crippen LogP contribution in [0.2, 0.25) is 0 Å². The molecule has 0 bridgehead atoms. The zero-order chi connectivity index (χ0) is 12.4. The molecule has 1 saturated heterocycles. The minimum Gasteiger partial charge on any atom is -0.348 e. The third kappa shape index (κ3) is 2.53. The molecule has 0 aromatic carbocycles. The second kappa shape index (κ2) is 5.38. The predicted octanol–water partition coefficient (Wildman–Crippen LogP) is 4.43. The van der Waals surface area contributed by atoms with E-state index >= 15 is 0 Å². The first-order valence-electron chi connectivity index (χ1n) is 7.07. The van der Waals surface area contributed by atoms with Gasteiger partial charge in [-0.2, -0.15) is 0 Å². The lowest BCUT2D eigenvalue weighted by Crippen LogP contribution is -2.41. The van der Waals surface area contributed by atoms with Crippen LogP contribution in [-0.2, 0) is 5.88 Å². The number of aromatic nitrogens is 1. The molecule has 100 valence electrons. The van der Waals surface area contributed by atoms with Crippen molar-refractivity contribution < 1.29 is 0 Å². The first-order chi connectivity index (χ1) is 8.81. The number of alkyl halides is 1. The van der Waals surface area contributed by atoms with Crippen molar-refractivity contribution in [2.45, 2.75) is 50.8 Å². The highest BCUT2D eigenvalue weighted by atomic mass is 35.5. The monoisotopic (exact) mass is 284 g/mol. The van der Waals surface area contributed by atoms with Crippen LogP contribution < -0.4 is 4.90 Å². The molecule has 1 spiro atoms. The zero-order valence-electron chi connectivity index (χ0n) is 10.8. The Labute approximate surface area is 118 Å². The van der Waals surface area contributed by atoms with Crippen LogP contribution in [0.3, 0.4) is 0 Å². The fraction of sp³-hybridized carbons (Fsp3) is 0.786. The van der Waals surface area contributed by atoms with Crippen LogP contribution >= 0.6 is 22.9 Å². The summed E-state index contributed by atoms with van der Waals surface area (Å²) >= 11 is 7.57. The molecule has 0 N–H and O–H groups in total. The van der Waals surface area contributed by atoms with Gasteiger partial charge in [0.25, 0.3) is 0 Å². The number of anilines is 1. The maximum atomic E-state index is 5.82. The van der Waals surface area contributed by atoms with Crippen molar-refractivity contribution >= 4 is 28.1 Å². The van der Waals surface area contributed by atoms with Crippen molar-refractivity contribution in [3.8, 4) is 0 Å². The van der Waals surface area contributed by atoms with Crippen molar-refractivity contribution in [1.29, 1.82) is 0 Å². The molecular weight excluding hydrogens is 264 g/mol. The maximum absolute atomic E-state index is 5.82. The van der Waals surface area contributed by atoms with Gasteiger partial charge in [-0.3, -0.25) is 0 Å². The Morgan fingerprint density at radius 1 is 1.17 bits per heavy atom. The first kappa shape index (κ1) is 12.7. The van der Waals surface area contributed by atoms with Gasteiger partial charge < -0.3 is 4.90 Å². The van der Waals surface area contributed by atoms with E-state index in [1.165, 1.54) is 63.2 Å². The summed E-state index contributed by atoms with van der Waals surface area (Å²) in [6.07, 6.45) is 10.0. The number of nitrogens with zero attached hydrogens (tertiary/aromatic N) is 2. The summed E-state index contributed by atoms with van der Waals surface area (Å²) < 4.78 is 0.